The summed E-state index contributed by atoms with van der Waals surface area (Å²) in [5.74, 6) is 1.97. The van der Waals surface area contributed by atoms with Crippen LogP contribution in [0.2, 0.25) is 0 Å². The van der Waals surface area contributed by atoms with Gasteiger partial charge in [-0.3, -0.25) is 0 Å². The average Bonchev–Trinajstić information content (AvgIpc) is 3.95. The van der Waals surface area contributed by atoms with Crippen molar-refractivity contribution in [2.24, 2.45) is 0 Å². The third-order valence-electron chi connectivity index (χ3n) is 11.2. The van der Waals surface area contributed by atoms with Crippen LogP contribution in [0, 0.1) is 0 Å². The van der Waals surface area contributed by atoms with Crippen molar-refractivity contribution in [1.29, 1.82) is 0 Å². The molecular formula is C51H31N5S. The highest BCUT2D eigenvalue weighted by molar-refractivity contribution is 7.26. The Morgan fingerprint density at radius 1 is 0.351 bits per heavy atom. The van der Waals surface area contributed by atoms with Crippen LogP contribution in [0.5, 0.6) is 0 Å². The van der Waals surface area contributed by atoms with Crippen molar-refractivity contribution >= 4 is 75.1 Å². The van der Waals surface area contributed by atoms with Crippen LogP contribution in [0.3, 0.4) is 0 Å². The minimum Gasteiger partial charge on any atom is -0.307 e. The van der Waals surface area contributed by atoms with Crippen LogP contribution >= 0.6 is 11.3 Å². The fourth-order valence-electron chi connectivity index (χ4n) is 8.64. The molecule has 12 aromatic rings. The van der Waals surface area contributed by atoms with Crippen molar-refractivity contribution in [1.82, 2.24) is 24.1 Å². The van der Waals surface area contributed by atoms with Gasteiger partial charge in [0.05, 0.1) is 32.5 Å². The maximum absolute atomic E-state index is 5.05. The molecule has 0 aliphatic carbocycles. The minimum absolute atomic E-state index is 0.654. The van der Waals surface area contributed by atoms with Gasteiger partial charge in [0.15, 0.2) is 17.5 Å². The van der Waals surface area contributed by atoms with E-state index in [1.807, 2.05) is 72.0 Å². The lowest BCUT2D eigenvalue weighted by Crippen LogP contribution is -2.00. The third kappa shape index (κ3) is 4.91. The maximum Gasteiger partial charge on any atom is 0.164 e. The Kier molecular flexibility index (Phi) is 7.03. The summed E-state index contributed by atoms with van der Waals surface area (Å²) in [6.45, 7) is 0. The molecule has 6 heteroatoms. The summed E-state index contributed by atoms with van der Waals surface area (Å²) in [5, 5.41) is 7.40. The van der Waals surface area contributed by atoms with Crippen LogP contribution in [0.15, 0.2) is 188 Å². The van der Waals surface area contributed by atoms with Gasteiger partial charge in [0.2, 0.25) is 0 Å². The first-order valence-electron chi connectivity index (χ1n) is 19.1. The number of hydrogen-bond acceptors (Lipinski definition) is 4. The Bertz CT molecular complexity index is 3400. The Hall–Kier alpha value is -7.41. The van der Waals surface area contributed by atoms with E-state index < -0.39 is 0 Å². The highest BCUT2D eigenvalue weighted by Gasteiger charge is 2.23. The number of para-hydroxylation sites is 4. The van der Waals surface area contributed by atoms with Crippen molar-refractivity contribution in [3.63, 3.8) is 0 Å². The van der Waals surface area contributed by atoms with E-state index in [1.165, 1.54) is 63.8 Å². The molecule has 0 N–H and O–H groups in total. The number of rotatable bonds is 5. The smallest absolute Gasteiger partial charge is 0.164 e. The van der Waals surface area contributed by atoms with E-state index in [9.17, 15) is 0 Å². The molecule has 0 fully saturated rings. The van der Waals surface area contributed by atoms with E-state index in [-0.39, 0.29) is 0 Å². The lowest BCUT2D eigenvalue weighted by Gasteiger charge is -2.14. The van der Waals surface area contributed by atoms with Gasteiger partial charge < -0.3 is 9.13 Å². The number of fused-ring (bicyclic) bond motifs is 10. The average molecular weight is 746 g/mol. The highest BCUT2D eigenvalue weighted by Crippen LogP contribution is 2.46. The molecule has 0 atom stereocenters. The Morgan fingerprint density at radius 3 is 1.51 bits per heavy atom. The Labute approximate surface area is 331 Å². The predicted octanol–water partition coefficient (Wildman–Crippen LogP) is 13.4. The zero-order valence-corrected chi connectivity index (χ0v) is 31.4. The number of benzene rings is 8. The highest BCUT2D eigenvalue weighted by atomic mass is 32.1. The molecule has 0 bridgehead atoms. The fourth-order valence-corrected chi connectivity index (χ4v) is 9.91. The minimum atomic E-state index is 0.654. The summed E-state index contributed by atoms with van der Waals surface area (Å²) in [6, 6.07) is 66.6. The maximum atomic E-state index is 5.05. The molecule has 0 saturated heterocycles. The summed E-state index contributed by atoms with van der Waals surface area (Å²) >= 11 is 1.83. The van der Waals surface area contributed by atoms with Gasteiger partial charge in [-0.15, -0.1) is 11.3 Å². The zero-order chi connectivity index (χ0) is 37.5. The molecule has 0 unspecified atom stereocenters. The topological polar surface area (TPSA) is 48.5 Å². The Morgan fingerprint density at radius 2 is 0.860 bits per heavy atom. The van der Waals surface area contributed by atoms with Crippen LogP contribution in [0.25, 0.3) is 109 Å². The molecule has 57 heavy (non-hydrogen) atoms. The van der Waals surface area contributed by atoms with Gasteiger partial charge >= 0.3 is 0 Å². The SMILES string of the molecule is c1ccc(-c2nc(-c3ccccc3)nc(-c3ccc4c(c3)sc3c4ccc4c5cccc(-n6c7ccccc7c7ccccc76)c5n(-c5ccccc5)c43)n2)cc1. The van der Waals surface area contributed by atoms with Crippen LogP contribution in [-0.2, 0) is 0 Å². The van der Waals surface area contributed by atoms with Crippen LogP contribution in [0.1, 0.15) is 0 Å². The zero-order valence-electron chi connectivity index (χ0n) is 30.5. The van der Waals surface area contributed by atoms with Gasteiger partial charge in [-0.1, -0.05) is 152 Å². The van der Waals surface area contributed by atoms with E-state index in [0.717, 1.165) is 28.1 Å². The van der Waals surface area contributed by atoms with E-state index in [2.05, 4.69) is 137 Å². The molecule has 0 aliphatic heterocycles. The fraction of sp³-hybridized carbons (Fsp3) is 0. The van der Waals surface area contributed by atoms with Crippen molar-refractivity contribution < 1.29 is 0 Å². The van der Waals surface area contributed by atoms with Crippen LogP contribution < -0.4 is 0 Å². The lowest BCUT2D eigenvalue weighted by molar-refractivity contribution is 1.07. The van der Waals surface area contributed by atoms with E-state index in [0.29, 0.717) is 17.5 Å². The van der Waals surface area contributed by atoms with Gasteiger partial charge in [-0.05, 0) is 36.4 Å². The number of aromatic nitrogens is 5. The molecule has 0 saturated carbocycles. The molecule has 0 spiro atoms. The van der Waals surface area contributed by atoms with E-state index in [4.69, 9.17) is 15.0 Å². The molecular weight excluding hydrogens is 715 g/mol. The first-order valence-corrected chi connectivity index (χ1v) is 19.9. The van der Waals surface area contributed by atoms with Crippen molar-refractivity contribution in [2.75, 3.05) is 0 Å². The summed E-state index contributed by atoms with van der Waals surface area (Å²) in [7, 11) is 0. The molecule has 4 heterocycles. The normalized spacial score (nSPS) is 11.9. The van der Waals surface area contributed by atoms with Crippen molar-refractivity contribution in [2.45, 2.75) is 0 Å². The summed E-state index contributed by atoms with van der Waals surface area (Å²) in [4.78, 5) is 15.0. The van der Waals surface area contributed by atoms with Gasteiger partial charge in [0.1, 0.15) is 0 Å². The second-order valence-corrected chi connectivity index (χ2v) is 15.5. The molecule has 0 radical (unpaired) electrons. The molecule has 8 aromatic carbocycles. The first-order chi connectivity index (χ1) is 28.3. The molecule has 12 rings (SSSR count). The summed E-state index contributed by atoms with van der Waals surface area (Å²) < 4.78 is 7.37. The van der Waals surface area contributed by atoms with Gasteiger partial charge in [-0.2, -0.15) is 0 Å². The van der Waals surface area contributed by atoms with Crippen molar-refractivity contribution in [3.05, 3.63) is 188 Å². The molecule has 0 aliphatic rings. The second kappa shape index (κ2) is 12.6. The summed E-state index contributed by atoms with van der Waals surface area (Å²) in [5.41, 5.74) is 9.93. The van der Waals surface area contributed by atoms with Gasteiger partial charge in [0, 0.05) is 59.4 Å². The van der Waals surface area contributed by atoms with E-state index in [1.54, 1.807) is 0 Å². The number of hydrogen-bond donors (Lipinski definition) is 0. The van der Waals surface area contributed by atoms with Gasteiger partial charge in [-0.25, -0.2) is 15.0 Å². The largest absolute Gasteiger partial charge is 0.307 e. The van der Waals surface area contributed by atoms with Crippen LogP contribution in [-0.4, -0.2) is 24.1 Å². The second-order valence-electron chi connectivity index (χ2n) is 14.4. The number of thiophene rings is 1. The standard InChI is InChI=1S/C51H31N5S/c1-4-15-32(16-5-1)49-52-50(33-17-6-2-7-18-33)54-51(53-49)34-27-28-38-41-30-29-40-39-23-14-26-44(56-42-24-12-10-21-36(42)37-22-11-13-25-43(37)56)46(39)55(35-19-8-3-9-20-35)47(40)48(41)57-45(38)31-34/h1-31H. The van der Waals surface area contributed by atoms with E-state index >= 15 is 0 Å². The lowest BCUT2D eigenvalue weighted by atomic mass is 10.1. The number of nitrogens with zero attached hydrogens (tertiary/aromatic N) is 5. The van der Waals surface area contributed by atoms with Crippen LogP contribution in [0.4, 0.5) is 0 Å². The molecule has 266 valence electrons. The third-order valence-corrected chi connectivity index (χ3v) is 12.3. The first kappa shape index (κ1) is 31.9. The Balaban J connectivity index is 1.13. The van der Waals surface area contributed by atoms with Gasteiger partial charge in [0.25, 0.3) is 0 Å². The predicted molar refractivity (Wildman–Crippen MR) is 238 cm³/mol. The quantitative estimate of drug-likeness (QED) is 0.176. The molecule has 0 amide bonds. The molecule has 5 nitrogen and oxygen atoms in total. The molecule has 4 aromatic heterocycles. The monoisotopic (exact) mass is 745 g/mol. The van der Waals surface area contributed by atoms with Crippen molar-refractivity contribution in [3.8, 4) is 45.5 Å². The summed E-state index contributed by atoms with van der Waals surface area (Å²) in [6.07, 6.45) is 0.